The summed E-state index contributed by atoms with van der Waals surface area (Å²) < 4.78 is 9.57. The molecule has 78 valence electrons. The lowest BCUT2D eigenvalue weighted by molar-refractivity contribution is 0.0542. The van der Waals surface area contributed by atoms with Crippen molar-refractivity contribution in [3.05, 3.63) is 0 Å². The van der Waals surface area contributed by atoms with Crippen LogP contribution in [-0.4, -0.2) is 19.4 Å². The molecule has 0 bridgehead atoms. The zero-order valence-corrected chi connectivity index (χ0v) is 8.67. The van der Waals surface area contributed by atoms with Gasteiger partial charge in [-0.2, -0.15) is 0 Å². The lowest BCUT2D eigenvalue weighted by atomic mass is 10.2. The topological polar surface area (TPSA) is 35.5 Å². The average Bonchev–Trinajstić information content (AvgIpc) is 2.14. The molecule has 0 atom stereocenters. The summed E-state index contributed by atoms with van der Waals surface area (Å²) in [4.78, 5) is 10.8. The molecule has 0 unspecified atom stereocenters. The molecule has 0 spiro atoms. The van der Waals surface area contributed by atoms with Crippen LogP contribution in [0.1, 0.15) is 46.0 Å². The first-order valence-corrected chi connectivity index (χ1v) is 5.10. The van der Waals surface area contributed by atoms with Gasteiger partial charge in [0, 0.05) is 0 Å². The summed E-state index contributed by atoms with van der Waals surface area (Å²) in [6, 6.07) is 0. The Morgan fingerprint density at radius 3 is 2.23 bits per heavy atom. The minimum atomic E-state index is -0.529. The van der Waals surface area contributed by atoms with Crippen LogP contribution < -0.4 is 0 Å². The molecule has 0 aliphatic rings. The molecule has 0 saturated carbocycles. The summed E-state index contributed by atoms with van der Waals surface area (Å²) in [6.45, 7) is 5.04. The maximum absolute atomic E-state index is 10.8. The van der Waals surface area contributed by atoms with Crippen LogP contribution in [0.3, 0.4) is 0 Å². The van der Waals surface area contributed by atoms with Gasteiger partial charge in [0.1, 0.15) is 0 Å². The normalized spacial score (nSPS) is 9.69. The summed E-state index contributed by atoms with van der Waals surface area (Å²) in [5.41, 5.74) is 0. The van der Waals surface area contributed by atoms with E-state index in [1.807, 2.05) is 6.92 Å². The molecule has 13 heavy (non-hydrogen) atoms. The first-order chi connectivity index (χ1) is 6.31. The first kappa shape index (κ1) is 12.3. The summed E-state index contributed by atoms with van der Waals surface area (Å²) in [5, 5.41) is 0. The maximum Gasteiger partial charge on any atom is 0.508 e. The molecule has 0 fully saturated rings. The monoisotopic (exact) mass is 188 g/mol. The SMILES string of the molecule is CCCCCCOC(=O)OCCC. The van der Waals surface area contributed by atoms with Gasteiger partial charge in [-0.3, -0.25) is 0 Å². The van der Waals surface area contributed by atoms with Gasteiger partial charge in [0.15, 0.2) is 0 Å². The van der Waals surface area contributed by atoms with Crippen molar-refractivity contribution in [1.82, 2.24) is 0 Å². The van der Waals surface area contributed by atoms with Crippen LogP contribution in [0.2, 0.25) is 0 Å². The molecule has 0 N–H and O–H groups in total. The third kappa shape index (κ3) is 9.18. The minimum Gasteiger partial charge on any atom is -0.434 e. The van der Waals surface area contributed by atoms with Crippen molar-refractivity contribution in [2.45, 2.75) is 46.0 Å². The Hall–Kier alpha value is -0.730. The van der Waals surface area contributed by atoms with Gasteiger partial charge in [-0.05, 0) is 12.8 Å². The number of unbranched alkanes of at least 4 members (excludes halogenated alkanes) is 3. The highest BCUT2D eigenvalue weighted by atomic mass is 16.7. The minimum absolute atomic E-state index is 0.452. The average molecular weight is 188 g/mol. The summed E-state index contributed by atoms with van der Waals surface area (Å²) in [6.07, 6.45) is 4.77. The molecule has 0 aliphatic carbocycles. The van der Waals surface area contributed by atoms with E-state index in [9.17, 15) is 4.79 Å². The number of rotatable bonds is 7. The van der Waals surface area contributed by atoms with E-state index in [4.69, 9.17) is 9.47 Å². The molecule has 3 nitrogen and oxygen atoms in total. The van der Waals surface area contributed by atoms with Gasteiger partial charge < -0.3 is 9.47 Å². The fourth-order valence-corrected chi connectivity index (χ4v) is 0.911. The maximum atomic E-state index is 10.8. The Bertz CT molecular complexity index is 123. The molecular formula is C10H20O3. The van der Waals surface area contributed by atoms with E-state index in [0.29, 0.717) is 13.2 Å². The number of hydrogen-bond acceptors (Lipinski definition) is 3. The van der Waals surface area contributed by atoms with Crippen LogP contribution in [-0.2, 0) is 9.47 Å². The quantitative estimate of drug-likeness (QED) is 0.455. The standard InChI is InChI=1S/C10H20O3/c1-3-5-6-7-9-13-10(11)12-8-4-2/h3-9H2,1-2H3. The van der Waals surface area contributed by atoms with Crippen LogP contribution in [0.25, 0.3) is 0 Å². The molecule has 0 aromatic rings. The van der Waals surface area contributed by atoms with E-state index >= 15 is 0 Å². The second-order valence-electron chi connectivity index (χ2n) is 3.01. The van der Waals surface area contributed by atoms with Gasteiger partial charge in [-0.25, -0.2) is 4.79 Å². The summed E-state index contributed by atoms with van der Waals surface area (Å²) >= 11 is 0. The highest BCUT2D eigenvalue weighted by Gasteiger charge is 2.00. The number of hydrogen-bond donors (Lipinski definition) is 0. The number of carbonyl (C=O) groups excluding carboxylic acids is 1. The van der Waals surface area contributed by atoms with Gasteiger partial charge in [-0.1, -0.05) is 33.1 Å². The predicted octanol–water partition coefficient (Wildman–Crippen LogP) is 3.13. The van der Waals surface area contributed by atoms with Crippen LogP contribution >= 0.6 is 0 Å². The number of carbonyl (C=O) groups is 1. The lowest BCUT2D eigenvalue weighted by Gasteiger charge is -2.04. The van der Waals surface area contributed by atoms with E-state index in [2.05, 4.69) is 6.92 Å². The van der Waals surface area contributed by atoms with Crippen LogP contribution in [0.15, 0.2) is 0 Å². The molecule has 0 radical (unpaired) electrons. The third-order valence-corrected chi connectivity index (χ3v) is 1.64. The van der Waals surface area contributed by atoms with E-state index in [1.165, 1.54) is 12.8 Å². The molecule has 0 amide bonds. The Labute approximate surface area is 80.4 Å². The predicted molar refractivity (Wildman–Crippen MR) is 51.7 cm³/mol. The highest BCUT2D eigenvalue weighted by Crippen LogP contribution is 1.99. The van der Waals surface area contributed by atoms with Crippen molar-refractivity contribution in [2.75, 3.05) is 13.2 Å². The summed E-state index contributed by atoms with van der Waals surface area (Å²) in [7, 11) is 0. The van der Waals surface area contributed by atoms with Crippen molar-refractivity contribution in [3.63, 3.8) is 0 Å². The Balaban J connectivity index is 3.08. The van der Waals surface area contributed by atoms with Gasteiger partial charge in [0.05, 0.1) is 13.2 Å². The molecule has 3 heteroatoms. The molecule has 0 aromatic heterocycles. The van der Waals surface area contributed by atoms with Crippen molar-refractivity contribution in [2.24, 2.45) is 0 Å². The Morgan fingerprint density at radius 1 is 0.923 bits per heavy atom. The molecule has 0 saturated heterocycles. The van der Waals surface area contributed by atoms with E-state index < -0.39 is 6.16 Å². The molecular weight excluding hydrogens is 168 g/mol. The van der Waals surface area contributed by atoms with Crippen molar-refractivity contribution in [3.8, 4) is 0 Å². The van der Waals surface area contributed by atoms with Crippen LogP contribution in [0, 0.1) is 0 Å². The molecule has 0 aliphatic heterocycles. The van der Waals surface area contributed by atoms with Crippen molar-refractivity contribution < 1.29 is 14.3 Å². The van der Waals surface area contributed by atoms with Crippen molar-refractivity contribution >= 4 is 6.16 Å². The largest absolute Gasteiger partial charge is 0.508 e. The van der Waals surface area contributed by atoms with Gasteiger partial charge >= 0.3 is 6.16 Å². The molecule has 0 rings (SSSR count). The van der Waals surface area contributed by atoms with Crippen molar-refractivity contribution in [1.29, 1.82) is 0 Å². The van der Waals surface area contributed by atoms with Crippen LogP contribution in [0.4, 0.5) is 4.79 Å². The summed E-state index contributed by atoms with van der Waals surface area (Å²) in [5.74, 6) is 0. The molecule has 0 aromatic carbocycles. The Kier molecular flexibility index (Phi) is 8.83. The third-order valence-electron chi connectivity index (χ3n) is 1.64. The zero-order valence-electron chi connectivity index (χ0n) is 8.67. The number of ether oxygens (including phenoxy) is 2. The lowest BCUT2D eigenvalue weighted by Crippen LogP contribution is -2.08. The highest BCUT2D eigenvalue weighted by molar-refractivity contribution is 5.59. The zero-order chi connectivity index (χ0) is 9.94. The van der Waals surface area contributed by atoms with E-state index in [0.717, 1.165) is 19.3 Å². The Morgan fingerprint density at radius 2 is 1.62 bits per heavy atom. The van der Waals surface area contributed by atoms with Gasteiger partial charge in [-0.15, -0.1) is 0 Å². The van der Waals surface area contributed by atoms with Gasteiger partial charge in [0.2, 0.25) is 0 Å². The fraction of sp³-hybridized carbons (Fsp3) is 0.900. The second kappa shape index (κ2) is 9.36. The van der Waals surface area contributed by atoms with Crippen LogP contribution in [0.5, 0.6) is 0 Å². The smallest absolute Gasteiger partial charge is 0.434 e. The van der Waals surface area contributed by atoms with Gasteiger partial charge in [0.25, 0.3) is 0 Å². The van der Waals surface area contributed by atoms with E-state index in [-0.39, 0.29) is 0 Å². The second-order valence-corrected chi connectivity index (χ2v) is 3.01. The van der Waals surface area contributed by atoms with E-state index in [1.54, 1.807) is 0 Å². The molecule has 0 heterocycles. The first-order valence-electron chi connectivity index (χ1n) is 5.10. The fourth-order valence-electron chi connectivity index (χ4n) is 0.911.